The normalized spacial score (nSPS) is 10.7. The number of aromatic nitrogens is 1. The van der Waals surface area contributed by atoms with Gasteiger partial charge in [-0.1, -0.05) is 41.9 Å². The summed E-state index contributed by atoms with van der Waals surface area (Å²) < 4.78 is 5.83. The van der Waals surface area contributed by atoms with Crippen LogP contribution >= 0.6 is 22.9 Å². The molecule has 0 aliphatic carbocycles. The number of fused-ring (bicyclic) bond motifs is 1. The number of nitrogens with one attached hydrogen (secondary N) is 1. The number of benzene rings is 3. The van der Waals surface area contributed by atoms with Crippen LogP contribution in [-0.4, -0.2) is 10.9 Å². The van der Waals surface area contributed by atoms with Crippen LogP contribution in [0.5, 0.6) is 5.75 Å². The summed E-state index contributed by atoms with van der Waals surface area (Å²) in [6, 6.07) is 20.8. The van der Waals surface area contributed by atoms with E-state index >= 15 is 0 Å². The van der Waals surface area contributed by atoms with Gasteiger partial charge >= 0.3 is 0 Å². The second-order valence-electron chi connectivity index (χ2n) is 5.90. The zero-order valence-electron chi connectivity index (χ0n) is 14.2. The van der Waals surface area contributed by atoms with Gasteiger partial charge in [0.25, 0.3) is 5.91 Å². The molecule has 4 aromatic rings. The fourth-order valence-electron chi connectivity index (χ4n) is 2.62. The summed E-state index contributed by atoms with van der Waals surface area (Å²) in [6.45, 7) is 0.339. The highest BCUT2D eigenvalue weighted by molar-refractivity contribution is 7.13. The van der Waals surface area contributed by atoms with Crippen LogP contribution in [0.2, 0.25) is 5.02 Å². The summed E-state index contributed by atoms with van der Waals surface area (Å²) in [7, 11) is 0. The van der Waals surface area contributed by atoms with Crippen molar-refractivity contribution in [1.82, 2.24) is 4.98 Å². The molecule has 6 heteroatoms. The number of carbonyl (C=O) groups is 1. The molecule has 0 bridgehead atoms. The zero-order chi connectivity index (χ0) is 18.6. The predicted octanol–water partition coefficient (Wildman–Crippen LogP) is 5.78. The molecule has 1 aromatic heterocycles. The number of anilines is 1. The highest BCUT2D eigenvalue weighted by Gasteiger charge is 2.09. The minimum Gasteiger partial charge on any atom is -0.487 e. The van der Waals surface area contributed by atoms with Gasteiger partial charge in [-0.15, -0.1) is 11.3 Å². The van der Waals surface area contributed by atoms with Gasteiger partial charge in [-0.25, -0.2) is 4.98 Å². The number of carbonyl (C=O) groups excluding carboxylic acids is 1. The topological polar surface area (TPSA) is 51.2 Å². The lowest BCUT2D eigenvalue weighted by atomic mass is 10.1. The Kier molecular flexibility index (Phi) is 5.05. The lowest BCUT2D eigenvalue weighted by Gasteiger charge is -2.06. The Hall–Kier alpha value is -2.89. The Morgan fingerprint density at radius 1 is 1.04 bits per heavy atom. The van der Waals surface area contributed by atoms with E-state index in [2.05, 4.69) is 22.4 Å². The van der Waals surface area contributed by atoms with Crippen LogP contribution in [0.15, 0.2) is 72.1 Å². The Labute approximate surface area is 165 Å². The second kappa shape index (κ2) is 7.78. The van der Waals surface area contributed by atoms with Gasteiger partial charge in [0.15, 0.2) is 5.13 Å². The number of hydrogen-bond acceptors (Lipinski definition) is 4. The molecule has 0 atom stereocenters. The monoisotopic (exact) mass is 394 g/mol. The van der Waals surface area contributed by atoms with Crippen molar-refractivity contribution in [2.24, 2.45) is 0 Å². The molecule has 0 radical (unpaired) electrons. The first kappa shape index (κ1) is 17.5. The highest BCUT2D eigenvalue weighted by Crippen LogP contribution is 2.23. The fourth-order valence-corrected chi connectivity index (χ4v) is 3.43. The summed E-state index contributed by atoms with van der Waals surface area (Å²) in [5.74, 6) is 0.566. The summed E-state index contributed by atoms with van der Waals surface area (Å²) >= 11 is 7.21. The molecule has 0 fully saturated rings. The number of rotatable bonds is 5. The third-order valence-corrected chi connectivity index (χ3v) is 5.04. The van der Waals surface area contributed by atoms with Gasteiger partial charge in [0, 0.05) is 16.0 Å². The minimum atomic E-state index is -0.219. The smallest absolute Gasteiger partial charge is 0.257 e. The summed E-state index contributed by atoms with van der Waals surface area (Å²) in [5.41, 5.74) is 1.29. The summed E-state index contributed by atoms with van der Waals surface area (Å²) in [5, 5.41) is 8.09. The van der Waals surface area contributed by atoms with E-state index in [0.717, 1.165) is 16.8 Å². The van der Waals surface area contributed by atoms with Crippen molar-refractivity contribution < 1.29 is 9.53 Å². The van der Waals surface area contributed by atoms with Crippen molar-refractivity contribution in [2.75, 3.05) is 5.32 Å². The number of nitrogens with zero attached hydrogens (tertiary/aromatic N) is 1. The van der Waals surface area contributed by atoms with Gasteiger partial charge in [-0.05, 0) is 47.2 Å². The van der Waals surface area contributed by atoms with Gasteiger partial charge in [0.05, 0.1) is 5.69 Å². The van der Waals surface area contributed by atoms with Crippen LogP contribution in [0.3, 0.4) is 0 Å². The number of hydrogen-bond donors (Lipinski definition) is 1. The molecular weight excluding hydrogens is 380 g/mol. The maximum absolute atomic E-state index is 12.2. The first-order valence-electron chi connectivity index (χ1n) is 8.30. The number of halogens is 1. The van der Waals surface area contributed by atoms with Gasteiger partial charge in [-0.3, -0.25) is 10.1 Å². The Balaban J connectivity index is 1.38. The van der Waals surface area contributed by atoms with Crippen LogP contribution in [0.25, 0.3) is 10.8 Å². The van der Waals surface area contributed by atoms with E-state index in [9.17, 15) is 4.79 Å². The Morgan fingerprint density at radius 2 is 1.81 bits per heavy atom. The van der Waals surface area contributed by atoms with Crippen molar-refractivity contribution in [3.8, 4) is 5.75 Å². The van der Waals surface area contributed by atoms with Crippen molar-refractivity contribution in [2.45, 2.75) is 6.61 Å². The van der Waals surface area contributed by atoms with E-state index in [1.165, 1.54) is 16.7 Å². The number of ether oxygens (including phenoxy) is 1. The molecular formula is C21H15ClN2O2S. The Bertz CT molecular complexity index is 1090. The minimum absolute atomic E-state index is 0.219. The molecule has 0 unspecified atom stereocenters. The molecule has 3 aromatic carbocycles. The van der Waals surface area contributed by atoms with Gasteiger partial charge < -0.3 is 4.74 Å². The van der Waals surface area contributed by atoms with Gasteiger partial charge in [-0.2, -0.15) is 0 Å². The molecule has 1 amide bonds. The van der Waals surface area contributed by atoms with E-state index < -0.39 is 0 Å². The van der Waals surface area contributed by atoms with E-state index in [-0.39, 0.29) is 5.91 Å². The van der Waals surface area contributed by atoms with Crippen LogP contribution in [0.1, 0.15) is 16.1 Å². The molecule has 0 saturated carbocycles. The quantitative estimate of drug-likeness (QED) is 0.466. The number of thiazole rings is 1. The van der Waals surface area contributed by atoms with E-state index in [1.807, 2.05) is 35.7 Å². The maximum atomic E-state index is 12.2. The Morgan fingerprint density at radius 3 is 2.63 bits per heavy atom. The molecule has 0 aliphatic heterocycles. The number of amides is 1. The molecule has 27 heavy (non-hydrogen) atoms. The van der Waals surface area contributed by atoms with Crippen molar-refractivity contribution in [3.63, 3.8) is 0 Å². The average molecular weight is 395 g/mol. The third kappa shape index (κ3) is 4.27. The van der Waals surface area contributed by atoms with Crippen LogP contribution in [-0.2, 0) is 6.61 Å². The zero-order valence-corrected chi connectivity index (χ0v) is 15.8. The van der Waals surface area contributed by atoms with Crippen molar-refractivity contribution in [1.29, 1.82) is 0 Å². The average Bonchev–Trinajstić information content (AvgIpc) is 3.14. The summed E-state index contributed by atoms with van der Waals surface area (Å²) in [6.07, 6.45) is 0. The SMILES string of the molecule is O=C(Nc1nc(COc2ccc3ccccc3c2)cs1)c1ccc(Cl)cc1. The van der Waals surface area contributed by atoms with E-state index in [4.69, 9.17) is 16.3 Å². The van der Waals surface area contributed by atoms with Crippen molar-refractivity contribution in [3.05, 3.63) is 88.4 Å². The first-order chi connectivity index (χ1) is 13.2. The second-order valence-corrected chi connectivity index (χ2v) is 7.20. The van der Waals surface area contributed by atoms with Crippen molar-refractivity contribution >= 4 is 44.7 Å². The van der Waals surface area contributed by atoms with Gasteiger partial charge in [0.2, 0.25) is 0 Å². The largest absolute Gasteiger partial charge is 0.487 e. The van der Waals surface area contributed by atoms with Crippen LogP contribution < -0.4 is 10.1 Å². The molecule has 0 spiro atoms. The lowest BCUT2D eigenvalue weighted by molar-refractivity contribution is 0.102. The fraction of sp³-hybridized carbons (Fsp3) is 0.0476. The molecule has 134 valence electrons. The molecule has 4 rings (SSSR count). The predicted molar refractivity (Wildman–Crippen MR) is 110 cm³/mol. The third-order valence-electron chi connectivity index (χ3n) is 3.99. The summed E-state index contributed by atoms with van der Waals surface area (Å²) in [4.78, 5) is 16.6. The molecule has 1 heterocycles. The van der Waals surface area contributed by atoms with E-state index in [0.29, 0.717) is 22.3 Å². The molecule has 4 nitrogen and oxygen atoms in total. The van der Waals surface area contributed by atoms with E-state index in [1.54, 1.807) is 24.3 Å². The molecule has 0 aliphatic rings. The van der Waals surface area contributed by atoms with Crippen LogP contribution in [0.4, 0.5) is 5.13 Å². The molecule has 0 saturated heterocycles. The lowest BCUT2D eigenvalue weighted by Crippen LogP contribution is -2.11. The van der Waals surface area contributed by atoms with Crippen LogP contribution in [0, 0.1) is 0 Å². The maximum Gasteiger partial charge on any atom is 0.257 e. The first-order valence-corrected chi connectivity index (χ1v) is 9.56. The molecule has 1 N–H and O–H groups in total. The highest BCUT2D eigenvalue weighted by atomic mass is 35.5. The van der Waals surface area contributed by atoms with Gasteiger partial charge in [0.1, 0.15) is 12.4 Å². The standard InChI is InChI=1S/C21H15ClN2O2S/c22-17-8-5-15(6-9-17)20(25)24-21-23-18(13-27-21)12-26-19-10-7-14-3-1-2-4-16(14)11-19/h1-11,13H,12H2,(H,23,24,25).